The van der Waals surface area contributed by atoms with E-state index in [-0.39, 0.29) is 5.92 Å². The van der Waals surface area contributed by atoms with E-state index < -0.39 is 7.92 Å². The van der Waals surface area contributed by atoms with Crippen molar-refractivity contribution in [2.45, 2.75) is 12.3 Å². The van der Waals surface area contributed by atoms with E-state index in [1.165, 1.54) is 130 Å². The number of hydrogen-bond donors (Lipinski definition) is 0. The lowest BCUT2D eigenvalue weighted by Crippen LogP contribution is -2.22. The lowest BCUT2D eigenvalue weighted by molar-refractivity contribution is 0.849. The molecule has 1 unspecified atom stereocenters. The summed E-state index contributed by atoms with van der Waals surface area (Å²) in [5.74, 6) is 0.280. The highest BCUT2D eigenvalue weighted by Crippen LogP contribution is 2.61. The maximum atomic E-state index is 2.56. The minimum atomic E-state index is -0.841. The highest BCUT2D eigenvalue weighted by molar-refractivity contribution is 7.80. The van der Waals surface area contributed by atoms with Crippen LogP contribution in [-0.2, 0) is 0 Å². The van der Waals surface area contributed by atoms with Gasteiger partial charge in [0.05, 0.1) is 0 Å². The molecule has 0 aliphatic heterocycles. The Hall–Kier alpha value is -7.41. The zero-order valence-electron chi connectivity index (χ0n) is 36.1. The minimum absolute atomic E-state index is 0.280. The van der Waals surface area contributed by atoms with Crippen molar-refractivity contribution in [1.29, 1.82) is 0 Å². The first kappa shape index (κ1) is 37.9. The van der Waals surface area contributed by atoms with Crippen molar-refractivity contribution in [2.24, 2.45) is 0 Å². The van der Waals surface area contributed by atoms with Crippen molar-refractivity contribution < 1.29 is 0 Å². The molecule has 66 heavy (non-hydrogen) atoms. The largest absolute Gasteiger partial charge is 0.135 e. The van der Waals surface area contributed by atoms with Crippen molar-refractivity contribution in [2.75, 3.05) is 0 Å². The Balaban J connectivity index is 0.927. The van der Waals surface area contributed by atoms with Crippen LogP contribution in [0.3, 0.4) is 0 Å². The van der Waals surface area contributed by atoms with Gasteiger partial charge in [0, 0.05) is 26.1 Å². The van der Waals surface area contributed by atoms with Crippen LogP contribution in [-0.4, -0.2) is 0 Å². The third-order valence-corrected chi connectivity index (χ3v) is 18.0. The predicted octanol–water partition coefficient (Wildman–Crippen LogP) is 16.8. The van der Waals surface area contributed by atoms with Gasteiger partial charge in [0.15, 0.2) is 0 Å². The Bertz CT molecular complexity index is 3860. The van der Waals surface area contributed by atoms with Crippen LogP contribution < -0.4 is 15.9 Å². The first-order chi connectivity index (χ1) is 32.8. The third-order valence-electron chi connectivity index (χ3n) is 14.3. The van der Waals surface area contributed by atoms with Crippen molar-refractivity contribution in [3.63, 3.8) is 0 Å². The summed E-state index contributed by atoms with van der Waals surface area (Å²) in [6, 6.07) is 82.0. The van der Waals surface area contributed by atoms with E-state index in [9.17, 15) is 0 Å². The summed E-state index contributed by atoms with van der Waals surface area (Å²) in [5, 5.41) is 14.8. The molecule has 0 saturated carbocycles. The van der Waals surface area contributed by atoms with E-state index in [4.69, 9.17) is 0 Å². The normalized spacial score (nSPS) is 13.9. The highest BCUT2D eigenvalue weighted by Gasteiger charge is 2.38. The number of benzene rings is 11. The quantitative estimate of drug-likeness (QED) is 0.146. The number of fused-ring (bicyclic) bond motifs is 10. The molecule has 1 atom stereocenters. The van der Waals surface area contributed by atoms with Crippen molar-refractivity contribution in [1.82, 2.24) is 0 Å². The monoisotopic (exact) mass is 872 g/mol. The summed E-state index contributed by atoms with van der Waals surface area (Å²) in [6.07, 6.45) is 5.88. The van der Waals surface area contributed by atoms with Crippen molar-refractivity contribution in [3.8, 4) is 44.5 Å². The molecular formula is C64H41PS. The molecule has 308 valence electrons. The average molecular weight is 873 g/mol. The molecule has 14 rings (SSSR count). The Morgan fingerprint density at radius 1 is 0.394 bits per heavy atom. The molecule has 1 heterocycles. The van der Waals surface area contributed by atoms with E-state index in [1.807, 2.05) is 11.3 Å². The standard InChI is InChI=1S/C64H41PS/c1-3-18-43(19-4-1)59-49-26-11-12-27-50(49)60(44-20-5-2-6-21-44)64-54-39-58-62(52-28-15-29-53(61(52)54)63(59)64)51-37-34-45(38-57(51)66-58)40-32-35-46(36-33-40)65(55-30-13-22-41-16-7-9-24-47(41)55)56-31-14-23-42-17-8-10-25-48(42)56/h1-28,30-39,53H,29H2. The minimum Gasteiger partial charge on any atom is -0.135 e. The summed E-state index contributed by atoms with van der Waals surface area (Å²) in [5.41, 5.74) is 15.0. The van der Waals surface area contributed by atoms with E-state index in [0.717, 1.165) is 6.42 Å². The third kappa shape index (κ3) is 5.74. The summed E-state index contributed by atoms with van der Waals surface area (Å²) in [4.78, 5) is 0. The Kier molecular flexibility index (Phi) is 8.66. The molecule has 2 heteroatoms. The van der Waals surface area contributed by atoms with Gasteiger partial charge >= 0.3 is 0 Å². The zero-order chi connectivity index (χ0) is 43.3. The van der Waals surface area contributed by atoms with Crippen molar-refractivity contribution in [3.05, 3.63) is 241 Å². The molecule has 0 bridgehead atoms. The second kappa shape index (κ2) is 15.1. The van der Waals surface area contributed by atoms with Crippen LogP contribution in [0, 0.1) is 0 Å². The van der Waals surface area contributed by atoms with Crippen LogP contribution in [0.2, 0.25) is 0 Å². The first-order valence-corrected chi connectivity index (χ1v) is 25.2. The van der Waals surface area contributed by atoms with E-state index in [2.05, 4.69) is 231 Å². The van der Waals surface area contributed by atoms with Gasteiger partial charge in [-0.3, -0.25) is 0 Å². The SMILES string of the molecule is C1=Cc2c3c(cc4sc5cc(-c6ccc(P(c7cccc8ccccc78)c7cccc8ccccc78)cc6)ccc5c24)-c2c(c(-c4ccccc4)c4ccccc4c2-c2ccccc2)C3C1. The Morgan fingerprint density at radius 2 is 0.955 bits per heavy atom. The molecule has 0 spiro atoms. The van der Waals surface area contributed by atoms with Crippen molar-refractivity contribution >= 4 is 93.7 Å². The molecule has 0 saturated heterocycles. The Labute approximate surface area is 389 Å². The van der Waals surface area contributed by atoms with Gasteiger partial charge in [-0.15, -0.1) is 11.3 Å². The van der Waals surface area contributed by atoms with Crippen LogP contribution in [0.15, 0.2) is 224 Å². The summed E-state index contributed by atoms with van der Waals surface area (Å²) in [6.45, 7) is 0. The predicted molar refractivity (Wildman–Crippen MR) is 288 cm³/mol. The second-order valence-electron chi connectivity index (χ2n) is 17.8. The second-order valence-corrected chi connectivity index (χ2v) is 21.1. The van der Waals surface area contributed by atoms with Gasteiger partial charge in [-0.1, -0.05) is 218 Å². The lowest BCUT2D eigenvalue weighted by Gasteiger charge is -2.23. The summed E-state index contributed by atoms with van der Waals surface area (Å²) in [7, 11) is -0.841. The van der Waals surface area contributed by atoms with Crippen LogP contribution in [0.25, 0.3) is 103 Å². The molecule has 0 fully saturated rings. The highest BCUT2D eigenvalue weighted by atomic mass is 32.1. The van der Waals surface area contributed by atoms with Gasteiger partial charge in [0.2, 0.25) is 0 Å². The van der Waals surface area contributed by atoms with Crippen LogP contribution in [0.4, 0.5) is 0 Å². The maximum Gasteiger partial charge on any atom is 0.0367 e. The fourth-order valence-corrected chi connectivity index (χ4v) is 15.4. The molecule has 0 amide bonds. The molecule has 0 nitrogen and oxygen atoms in total. The fourth-order valence-electron chi connectivity index (χ4n) is 11.5. The van der Waals surface area contributed by atoms with Gasteiger partial charge in [0.25, 0.3) is 0 Å². The molecule has 0 radical (unpaired) electrons. The van der Waals surface area contributed by atoms with E-state index >= 15 is 0 Å². The van der Waals surface area contributed by atoms with Crippen LogP contribution >= 0.6 is 19.3 Å². The molecular weight excluding hydrogens is 832 g/mol. The average Bonchev–Trinajstić information content (AvgIpc) is 3.92. The van der Waals surface area contributed by atoms with Gasteiger partial charge in [-0.05, 0) is 136 Å². The molecule has 11 aromatic carbocycles. The molecule has 2 aliphatic rings. The fraction of sp³-hybridized carbons (Fsp3) is 0.0312. The van der Waals surface area contributed by atoms with Crippen LogP contribution in [0.1, 0.15) is 29.0 Å². The number of allylic oxidation sites excluding steroid dienone is 1. The smallest absolute Gasteiger partial charge is 0.0367 e. The lowest BCUT2D eigenvalue weighted by atomic mass is 9.79. The van der Waals surface area contributed by atoms with Gasteiger partial charge < -0.3 is 0 Å². The van der Waals surface area contributed by atoms with Gasteiger partial charge in [-0.2, -0.15) is 0 Å². The van der Waals surface area contributed by atoms with Crippen LogP contribution in [0.5, 0.6) is 0 Å². The molecule has 2 aliphatic carbocycles. The zero-order valence-corrected chi connectivity index (χ0v) is 37.8. The summed E-state index contributed by atoms with van der Waals surface area (Å²) >= 11 is 1.95. The van der Waals surface area contributed by atoms with E-state index in [0.29, 0.717) is 0 Å². The molecule has 12 aromatic rings. The first-order valence-electron chi connectivity index (χ1n) is 23.0. The maximum absolute atomic E-state index is 2.56. The number of hydrogen-bond acceptors (Lipinski definition) is 1. The Morgan fingerprint density at radius 3 is 1.62 bits per heavy atom. The molecule has 0 N–H and O–H groups in total. The number of thiophene rings is 1. The van der Waals surface area contributed by atoms with Gasteiger partial charge in [0.1, 0.15) is 0 Å². The summed E-state index contributed by atoms with van der Waals surface area (Å²) < 4.78 is 2.69. The number of rotatable bonds is 6. The van der Waals surface area contributed by atoms with E-state index in [1.54, 1.807) is 0 Å². The van der Waals surface area contributed by atoms with Gasteiger partial charge in [-0.25, -0.2) is 0 Å². The molecule has 1 aromatic heterocycles. The topological polar surface area (TPSA) is 0 Å².